The highest BCUT2D eigenvalue weighted by Crippen LogP contribution is 2.19. The number of hydrogen-bond donors (Lipinski definition) is 2. The van der Waals surface area contributed by atoms with Crippen LogP contribution in [0.15, 0.2) is 11.3 Å². The first-order valence-electron chi connectivity index (χ1n) is 8.96. The highest BCUT2D eigenvalue weighted by atomic mass is 16.5. The summed E-state index contributed by atoms with van der Waals surface area (Å²) in [6, 6.07) is -0.475. The van der Waals surface area contributed by atoms with E-state index in [9.17, 15) is 9.59 Å². The number of urea groups is 1. The molecule has 0 aliphatic carbocycles. The third-order valence-electron chi connectivity index (χ3n) is 4.36. The van der Waals surface area contributed by atoms with Crippen molar-refractivity contribution in [2.75, 3.05) is 7.11 Å². The van der Waals surface area contributed by atoms with E-state index in [1.165, 1.54) is 52.1 Å². The van der Waals surface area contributed by atoms with E-state index in [0.29, 0.717) is 11.3 Å². The molecule has 5 nitrogen and oxygen atoms in total. The second kappa shape index (κ2) is 11.1. The molecule has 132 valence electrons. The number of amides is 2. The molecule has 0 radical (unpaired) electrons. The summed E-state index contributed by atoms with van der Waals surface area (Å²) in [5.74, 6) is -0.365. The number of methoxy groups -OCH3 is 1. The van der Waals surface area contributed by atoms with Crippen molar-refractivity contribution in [3.05, 3.63) is 11.3 Å². The minimum Gasteiger partial charge on any atom is -0.466 e. The standard InChI is InChI=1S/C18H32N2O3/c1-4-5-6-7-8-9-10-11-12-13-15-16(17(21)23-3)14(2)19-18(22)20-15/h15H,4-13H2,1-3H3,(H2,19,20,22)/t15-/m1/s1. The van der Waals surface area contributed by atoms with Crippen LogP contribution in [0.4, 0.5) is 4.79 Å². The highest BCUT2D eigenvalue weighted by molar-refractivity contribution is 5.94. The zero-order valence-corrected chi connectivity index (χ0v) is 14.9. The van der Waals surface area contributed by atoms with E-state index in [2.05, 4.69) is 17.6 Å². The summed E-state index contributed by atoms with van der Waals surface area (Å²) in [7, 11) is 1.37. The zero-order valence-electron chi connectivity index (χ0n) is 14.9. The smallest absolute Gasteiger partial charge is 0.337 e. The van der Waals surface area contributed by atoms with E-state index in [1.807, 2.05) is 0 Å². The first kappa shape index (κ1) is 19.5. The molecule has 0 saturated carbocycles. The summed E-state index contributed by atoms with van der Waals surface area (Å²) in [4.78, 5) is 23.5. The predicted octanol–water partition coefficient (Wildman–Crippen LogP) is 4.04. The fraction of sp³-hybridized carbons (Fsp3) is 0.778. The molecule has 1 rings (SSSR count). The van der Waals surface area contributed by atoms with Gasteiger partial charge in [-0.1, -0.05) is 64.7 Å². The second-order valence-corrected chi connectivity index (χ2v) is 6.30. The van der Waals surface area contributed by atoms with Crippen LogP contribution in [-0.2, 0) is 9.53 Å². The Bertz CT molecular complexity index is 418. The second-order valence-electron chi connectivity index (χ2n) is 6.30. The van der Waals surface area contributed by atoms with Gasteiger partial charge in [0, 0.05) is 5.70 Å². The summed E-state index contributed by atoms with van der Waals surface area (Å²) in [6.07, 6.45) is 12.1. The van der Waals surface area contributed by atoms with Gasteiger partial charge < -0.3 is 15.4 Å². The molecule has 2 N–H and O–H groups in total. The van der Waals surface area contributed by atoms with Crippen molar-refractivity contribution in [3.8, 4) is 0 Å². The third-order valence-corrected chi connectivity index (χ3v) is 4.36. The van der Waals surface area contributed by atoms with Gasteiger partial charge in [0.25, 0.3) is 0 Å². The quantitative estimate of drug-likeness (QED) is 0.445. The lowest BCUT2D eigenvalue weighted by Gasteiger charge is -2.27. The molecule has 0 saturated heterocycles. The van der Waals surface area contributed by atoms with Gasteiger partial charge in [-0.05, 0) is 13.3 Å². The number of hydrogen-bond acceptors (Lipinski definition) is 3. The van der Waals surface area contributed by atoms with Gasteiger partial charge in [-0.15, -0.1) is 0 Å². The first-order valence-corrected chi connectivity index (χ1v) is 8.96. The summed E-state index contributed by atoms with van der Waals surface area (Å²) < 4.78 is 4.83. The average molecular weight is 324 g/mol. The van der Waals surface area contributed by atoms with Crippen molar-refractivity contribution in [2.24, 2.45) is 0 Å². The number of allylic oxidation sites excluding steroid dienone is 1. The number of esters is 1. The molecule has 0 aromatic heterocycles. The van der Waals surface area contributed by atoms with E-state index in [0.717, 1.165) is 19.3 Å². The Labute approximate surface area is 140 Å². The van der Waals surface area contributed by atoms with Gasteiger partial charge in [0.2, 0.25) is 0 Å². The molecule has 0 aromatic carbocycles. The van der Waals surface area contributed by atoms with Gasteiger partial charge in [0.1, 0.15) is 0 Å². The van der Waals surface area contributed by atoms with Gasteiger partial charge >= 0.3 is 12.0 Å². The largest absolute Gasteiger partial charge is 0.466 e. The first-order chi connectivity index (χ1) is 11.1. The van der Waals surface area contributed by atoms with Crippen LogP contribution >= 0.6 is 0 Å². The lowest BCUT2D eigenvalue weighted by Crippen LogP contribution is -2.49. The minimum absolute atomic E-state index is 0.235. The maximum atomic E-state index is 11.9. The van der Waals surface area contributed by atoms with E-state index in [4.69, 9.17) is 4.74 Å². The lowest BCUT2D eigenvalue weighted by molar-refractivity contribution is -0.136. The molecule has 1 aliphatic heterocycles. The maximum Gasteiger partial charge on any atom is 0.337 e. The topological polar surface area (TPSA) is 67.4 Å². The Morgan fingerprint density at radius 3 is 2.17 bits per heavy atom. The van der Waals surface area contributed by atoms with Crippen molar-refractivity contribution in [2.45, 2.75) is 84.1 Å². The molecule has 0 spiro atoms. The fourth-order valence-corrected chi connectivity index (χ4v) is 3.05. The van der Waals surface area contributed by atoms with Gasteiger partial charge in [-0.25, -0.2) is 9.59 Å². The molecule has 1 atom stereocenters. The van der Waals surface area contributed by atoms with Crippen LogP contribution in [0, 0.1) is 0 Å². The van der Waals surface area contributed by atoms with Crippen molar-refractivity contribution in [3.63, 3.8) is 0 Å². The van der Waals surface area contributed by atoms with Crippen LogP contribution in [0.25, 0.3) is 0 Å². The number of carbonyl (C=O) groups excluding carboxylic acids is 2. The normalized spacial score (nSPS) is 17.7. The number of rotatable bonds is 11. The molecule has 1 aliphatic rings. The molecule has 2 amide bonds. The minimum atomic E-state index is -0.365. The van der Waals surface area contributed by atoms with Crippen LogP contribution in [0.3, 0.4) is 0 Å². The fourth-order valence-electron chi connectivity index (χ4n) is 3.05. The average Bonchev–Trinajstić information content (AvgIpc) is 2.52. The molecule has 0 fully saturated rings. The van der Waals surface area contributed by atoms with Crippen LogP contribution in [0.2, 0.25) is 0 Å². The molecule has 5 heteroatoms. The molecular formula is C18H32N2O3. The number of ether oxygens (including phenoxy) is 1. The van der Waals surface area contributed by atoms with E-state index < -0.39 is 0 Å². The van der Waals surface area contributed by atoms with Crippen LogP contribution in [0.1, 0.15) is 78.1 Å². The molecule has 0 aromatic rings. The van der Waals surface area contributed by atoms with Crippen LogP contribution in [0.5, 0.6) is 0 Å². The Balaban J connectivity index is 2.28. The van der Waals surface area contributed by atoms with Gasteiger partial charge in [0.05, 0.1) is 18.7 Å². The summed E-state index contributed by atoms with van der Waals surface area (Å²) in [6.45, 7) is 3.98. The zero-order chi connectivity index (χ0) is 17.1. The van der Waals surface area contributed by atoms with E-state index >= 15 is 0 Å². The lowest BCUT2D eigenvalue weighted by atomic mass is 9.96. The predicted molar refractivity (Wildman–Crippen MR) is 92.0 cm³/mol. The Kier molecular flexibility index (Phi) is 9.41. The number of unbranched alkanes of at least 4 members (excludes halogenated alkanes) is 8. The Hall–Kier alpha value is -1.52. The SMILES string of the molecule is CCCCCCCCCCC[C@H]1NC(=O)NC(C)=C1C(=O)OC. The highest BCUT2D eigenvalue weighted by Gasteiger charge is 2.29. The van der Waals surface area contributed by atoms with Gasteiger partial charge in [-0.2, -0.15) is 0 Å². The molecular weight excluding hydrogens is 292 g/mol. The van der Waals surface area contributed by atoms with E-state index in [-0.39, 0.29) is 18.0 Å². The molecule has 23 heavy (non-hydrogen) atoms. The summed E-state index contributed by atoms with van der Waals surface area (Å²) in [5, 5.41) is 5.47. The summed E-state index contributed by atoms with van der Waals surface area (Å²) >= 11 is 0. The van der Waals surface area contributed by atoms with Crippen molar-refractivity contribution < 1.29 is 14.3 Å². The van der Waals surface area contributed by atoms with Crippen LogP contribution < -0.4 is 10.6 Å². The maximum absolute atomic E-state index is 11.9. The van der Waals surface area contributed by atoms with E-state index in [1.54, 1.807) is 6.92 Å². The third kappa shape index (κ3) is 7.06. The van der Waals surface area contributed by atoms with Crippen molar-refractivity contribution >= 4 is 12.0 Å². The molecule has 1 heterocycles. The van der Waals surface area contributed by atoms with Crippen molar-refractivity contribution in [1.29, 1.82) is 0 Å². The summed E-state index contributed by atoms with van der Waals surface area (Å²) in [5.41, 5.74) is 1.15. The monoisotopic (exact) mass is 324 g/mol. The number of carbonyl (C=O) groups is 2. The molecule has 0 bridgehead atoms. The number of nitrogens with one attached hydrogen (secondary N) is 2. The Morgan fingerprint density at radius 1 is 1.04 bits per heavy atom. The van der Waals surface area contributed by atoms with Crippen molar-refractivity contribution in [1.82, 2.24) is 10.6 Å². The van der Waals surface area contributed by atoms with Gasteiger partial charge in [0.15, 0.2) is 0 Å². The van der Waals surface area contributed by atoms with Crippen LogP contribution in [-0.4, -0.2) is 25.2 Å². The van der Waals surface area contributed by atoms with Gasteiger partial charge in [-0.3, -0.25) is 0 Å². The Morgan fingerprint density at radius 2 is 1.61 bits per heavy atom. The molecule has 0 unspecified atom stereocenters.